The molecular formula is C39H45F4N5O4S. The summed E-state index contributed by atoms with van der Waals surface area (Å²) in [5.74, 6) is -1.37. The van der Waals surface area contributed by atoms with Gasteiger partial charge in [-0.05, 0) is 101 Å². The minimum atomic E-state index is -4.90. The number of alkyl carbamates (subject to hydrolysis) is 1. The van der Waals surface area contributed by atoms with Crippen LogP contribution in [0.3, 0.4) is 0 Å². The highest BCUT2D eigenvalue weighted by molar-refractivity contribution is 7.90. The summed E-state index contributed by atoms with van der Waals surface area (Å²) < 4.78 is 80.1. The first-order valence-electron chi connectivity index (χ1n) is 17.4. The maximum absolute atomic E-state index is 15.6. The van der Waals surface area contributed by atoms with E-state index in [4.69, 9.17) is 4.74 Å². The number of hydrogen-bond donors (Lipinski definition) is 3. The molecular weight excluding hydrogens is 711 g/mol. The van der Waals surface area contributed by atoms with Gasteiger partial charge in [-0.3, -0.25) is 4.79 Å². The van der Waals surface area contributed by atoms with E-state index in [9.17, 15) is 27.3 Å². The van der Waals surface area contributed by atoms with Gasteiger partial charge in [-0.15, -0.1) is 4.72 Å². The number of rotatable bonds is 12. The zero-order valence-electron chi connectivity index (χ0n) is 30.6. The number of anilines is 1. The largest absolute Gasteiger partial charge is 0.598 e. The number of amides is 2. The number of alkyl halides is 3. The third-order valence-electron chi connectivity index (χ3n) is 8.64. The van der Waals surface area contributed by atoms with Crippen molar-refractivity contribution in [1.82, 2.24) is 19.8 Å². The van der Waals surface area contributed by atoms with Crippen LogP contribution in [0.1, 0.15) is 100 Å². The average molecular weight is 756 g/mol. The molecule has 3 N–H and O–H groups in total. The van der Waals surface area contributed by atoms with Gasteiger partial charge in [0.2, 0.25) is 0 Å². The fraction of sp³-hybridized carbons (Fsp3) is 0.410. The van der Waals surface area contributed by atoms with Crippen LogP contribution in [0.4, 0.5) is 28.0 Å². The van der Waals surface area contributed by atoms with Gasteiger partial charge in [-0.2, -0.15) is 18.3 Å². The molecule has 9 nitrogen and oxygen atoms in total. The summed E-state index contributed by atoms with van der Waals surface area (Å²) in [6.45, 7) is 10.6. The second-order valence-electron chi connectivity index (χ2n) is 15.2. The lowest BCUT2D eigenvalue weighted by Gasteiger charge is -2.39. The van der Waals surface area contributed by atoms with Gasteiger partial charge in [0.15, 0.2) is 5.69 Å². The summed E-state index contributed by atoms with van der Waals surface area (Å²) >= 11 is -1.58. The smallest absolute Gasteiger partial charge is 0.435 e. The van der Waals surface area contributed by atoms with Gasteiger partial charge in [0.05, 0.1) is 11.4 Å². The topological polar surface area (TPSA) is 120 Å². The van der Waals surface area contributed by atoms with Crippen molar-refractivity contribution in [2.45, 2.75) is 95.8 Å². The zero-order chi connectivity index (χ0) is 38.8. The number of aromatic nitrogens is 2. The molecule has 1 fully saturated rings. The van der Waals surface area contributed by atoms with Crippen LogP contribution in [0.15, 0.2) is 78.9 Å². The molecule has 1 heterocycles. The Morgan fingerprint density at radius 1 is 0.925 bits per heavy atom. The minimum Gasteiger partial charge on any atom is -0.598 e. The summed E-state index contributed by atoms with van der Waals surface area (Å²) in [6, 6.07) is 20.3. The van der Waals surface area contributed by atoms with Gasteiger partial charge in [0.1, 0.15) is 27.4 Å². The monoisotopic (exact) mass is 755 g/mol. The molecule has 0 bridgehead atoms. The molecule has 284 valence electrons. The first kappa shape index (κ1) is 39.8. The lowest BCUT2D eigenvalue weighted by Crippen LogP contribution is -2.52. The summed E-state index contributed by atoms with van der Waals surface area (Å²) in [5.41, 5.74) is -2.01. The Morgan fingerprint density at radius 2 is 1.62 bits per heavy atom. The Bertz CT molecular complexity index is 1920. The van der Waals surface area contributed by atoms with E-state index in [-0.39, 0.29) is 17.9 Å². The van der Waals surface area contributed by atoms with Gasteiger partial charge in [-0.25, -0.2) is 13.9 Å². The predicted molar refractivity (Wildman–Crippen MR) is 196 cm³/mol. The number of ether oxygens (including phenoxy) is 1. The molecule has 0 radical (unpaired) electrons. The fourth-order valence-corrected chi connectivity index (χ4v) is 6.68. The van der Waals surface area contributed by atoms with E-state index in [2.05, 4.69) is 20.5 Å². The number of nitrogens with zero attached hydrogens (tertiary/aromatic N) is 2. The zero-order valence-corrected chi connectivity index (χ0v) is 31.4. The molecule has 1 aliphatic rings. The van der Waals surface area contributed by atoms with Crippen LogP contribution in [-0.2, 0) is 34.4 Å². The molecule has 0 unspecified atom stereocenters. The van der Waals surface area contributed by atoms with E-state index in [1.54, 1.807) is 39.0 Å². The van der Waals surface area contributed by atoms with Crippen LogP contribution in [0, 0.1) is 11.7 Å². The second-order valence-corrected chi connectivity index (χ2v) is 17.2. The lowest BCUT2D eigenvalue weighted by atomic mass is 9.79. The van der Waals surface area contributed by atoms with Crippen LogP contribution in [0.2, 0.25) is 0 Å². The number of nitrogens with one attached hydrogen (secondary N) is 3. The summed E-state index contributed by atoms with van der Waals surface area (Å²) in [7, 11) is 0. The third kappa shape index (κ3) is 10.2. The molecule has 0 spiro atoms. The molecule has 1 aliphatic carbocycles. The standard InChI is InChI=1S/C39H45F4N5O4S/c1-36(2,3)52-35(50)44-24-26-11-10-14-29(21-26)48-32(23-33(46-48)39(41,42)43)34(49)45-31-22-28(17-18-30(31)40)38(20-19-25-15-16-25,27-12-8-7-9-13-27)47-53(51)37(4,5)6/h7-14,17-18,21-23,25,47H,15-16,19-20,24H2,1-6H3,(H,44,50)(H,45,49)/t38-,53-/m1/s1. The normalized spacial score (nSPS) is 15.4. The fourth-order valence-electron chi connectivity index (χ4n) is 5.72. The SMILES string of the molecule is CC(C)(C)OC(=O)NCc1cccc(-n2nc(C(F)(F)F)cc2C(=O)Nc2cc([C@](CCC3CC3)(N[S@+]([O-])C(C)(C)C)c3ccccc3)ccc2F)c1. The number of benzene rings is 3. The lowest BCUT2D eigenvalue weighted by molar-refractivity contribution is -0.141. The van der Waals surface area contributed by atoms with Gasteiger partial charge in [0, 0.05) is 24.0 Å². The van der Waals surface area contributed by atoms with Crippen molar-refractivity contribution < 1.29 is 36.4 Å². The molecule has 5 rings (SSSR count). The van der Waals surface area contributed by atoms with Crippen molar-refractivity contribution >= 4 is 29.0 Å². The van der Waals surface area contributed by atoms with Crippen LogP contribution >= 0.6 is 0 Å². The van der Waals surface area contributed by atoms with Crippen molar-refractivity contribution in [3.8, 4) is 5.69 Å². The Balaban J connectivity index is 1.52. The van der Waals surface area contributed by atoms with E-state index in [1.807, 2.05) is 51.1 Å². The number of carbonyl (C=O) groups excluding carboxylic acids is 2. The first-order valence-corrected chi connectivity index (χ1v) is 18.5. The van der Waals surface area contributed by atoms with E-state index in [0.717, 1.165) is 29.5 Å². The molecule has 3 aromatic carbocycles. The van der Waals surface area contributed by atoms with Crippen molar-refractivity contribution in [3.05, 3.63) is 113 Å². The van der Waals surface area contributed by atoms with Crippen LogP contribution < -0.4 is 15.4 Å². The maximum atomic E-state index is 15.6. The van der Waals surface area contributed by atoms with E-state index in [0.29, 0.717) is 29.5 Å². The van der Waals surface area contributed by atoms with Gasteiger partial charge in [0.25, 0.3) is 5.91 Å². The van der Waals surface area contributed by atoms with Crippen LogP contribution in [-0.4, -0.2) is 36.7 Å². The quantitative estimate of drug-likeness (QED) is 0.0983. The molecule has 2 amide bonds. The molecule has 53 heavy (non-hydrogen) atoms. The van der Waals surface area contributed by atoms with Crippen molar-refractivity contribution in [2.75, 3.05) is 5.32 Å². The van der Waals surface area contributed by atoms with E-state index < -0.39 is 62.6 Å². The predicted octanol–water partition coefficient (Wildman–Crippen LogP) is 8.79. The molecule has 4 aromatic rings. The highest BCUT2D eigenvalue weighted by Gasteiger charge is 2.43. The van der Waals surface area contributed by atoms with Crippen molar-refractivity contribution in [3.63, 3.8) is 0 Å². The maximum Gasteiger partial charge on any atom is 0.435 e. The van der Waals surface area contributed by atoms with Crippen molar-refractivity contribution in [1.29, 1.82) is 0 Å². The number of carbonyl (C=O) groups is 2. The van der Waals surface area contributed by atoms with Crippen LogP contribution in [0.5, 0.6) is 0 Å². The van der Waals surface area contributed by atoms with Crippen LogP contribution in [0.25, 0.3) is 5.69 Å². The Labute approximate surface area is 310 Å². The first-order chi connectivity index (χ1) is 24.7. The summed E-state index contributed by atoms with van der Waals surface area (Å²) in [4.78, 5) is 26.1. The van der Waals surface area contributed by atoms with E-state index in [1.165, 1.54) is 24.3 Å². The minimum absolute atomic E-state index is 0.0202. The molecule has 2 atom stereocenters. The summed E-state index contributed by atoms with van der Waals surface area (Å²) in [5, 5.41) is 8.78. The Hall–Kier alpha value is -4.40. The number of hydrogen-bond acceptors (Lipinski definition) is 6. The molecule has 0 aliphatic heterocycles. The average Bonchev–Trinajstić information content (AvgIpc) is 3.79. The Morgan fingerprint density at radius 3 is 2.25 bits per heavy atom. The highest BCUT2D eigenvalue weighted by Crippen LogP contribution is 2.43. The van der Waals surface area contributed by atoms with E-state index >= 15 is 4.39 Å². The summed E-state index contributed by atoms with van der Waals surface area (Å²) in [6.07, 6.45) is -2.11. The molecule has 1 aromatic heterocycles. The molecule has 0 saturated heterocycles. The third-order valence-corrected chi connectivity index (χ3v) is 10.3. The molecule has 14 heteroatoms. The molecule has 1 saturated carbocycles. The highest BCUT2D eigenvalue weighted by atomic mass is 32.2. The van der Waals surface area contributed by atoms with Gasteiger partial charge in [-0.1, -0.05) is 61.4 Å². The van der Waals surface area contributed by atoms with Gasteiger partial charge < -0.3 is 19.9 Å². The van der Waals surface area contributed by atoms with Gasteiger partial charge >= 0.3 is 12.3 Å². The second kappa shape index (κ2) is 15.5. The number of halogens is 4. The van der Waals surface area contributed by atoms with Crippen molar-refractivity contribution in [2.24, 2.45) is 5.92 Å². The Kier molecular flexibility index (Phi) is 11.7.